The van der Waals surface area contributed by atoms with E-state index in [-0.39, 0.29) is 23.0 Å². The summed E-state index contributed by atoms with van der Waals surface area (Å²) < 4.78 is 23.2. The third-order valence-electron chi connectivity index (χ3n) is 3.34. The van der Waals surface area contributed by atoms with Crippen LogP contribution in [-0.4, -0.2) is 37.7 Å². The molecule has 0 bridgehead atoms. The highest BCUT2D eigenvalue weighted by atomic mass is 32.2. The lowest BCUT2D eigenvalue weighted by Crippen LogP contribution is -2.33. The summed E-state index contributed by atoms with van der Waals surface area (Å²) in [6.07, 6.45) is 1.90. The monoisotopic (exact) mass is 221 g/mol. The summed E-state index contributed by atoms with van der Waals surface area (Å²) in [5.74, 6) is 0.184. The van der Waals surface area contributed by atoms with E-state index in [9.17, 15) is 13.5 Å². The van der Waals surface area contributed by atoms with E-state index in [2.05, 4.69) is 0 Å². The molecule has 1 fully saturated rings. The van der Waals surface area contributed by atoms with Crippen LogP contribution in [0.4, 0.5) is 0 Å². The maximum Gasteiger partial charge on any atom is 0.152 e. The number of aliphatic hydroxyl groups excluding tert-OH is 1. The van der Waals surface area contributed by atoms with E-state index in [1.165, 1.54) is 0 Å². The average molecular weight is 221 g/mol. The molecule has 0 heterocycles. The van der Waals surface area contributed by atoms with Gasteiger partial charge in [0.25, 0.3) is 0 Å². The van der Waals surface area contributed by atoms with Crippen LogP contribution < -0.4 is 5.73 Å². The topological polar surface area (TPSA) is 80.4 Å². The quantitative estimate of drug-likeness (QED) is 0.695. The summed E-state index contributed by atoms with van der Waals surface area (Å²) in [4.78, 5) is 0. The van der Waals surface area contributed by atoms with Crippen molar-refractivity contribution in [3.05, 3.63) is 0 Å². The third-order valence-corrected chi connectivity index (χ3v) is 5.56. The zero-order valence-corrected chi connectivity index (χ0v) is 9.39. The SMILES string of the molecule is CCS(=O)(=O)[C@@H]1CC[C@@](CN)(CO)C1. The van der Waals surface area contributed by atoms with Gasteiger partial charge in [-0.3, -0.25) is 0 Å². The smallest absolute Gasteiger partial charge is 0.152 e. The largest absolute Gasteiger partial charge is 0.396 e. The molecule has 0 aromatic carbocycles. The molecule has 1 rings (SSSR count). The Bertz CT molecular complexity index is 282. The van der Waals surface area contributed by atoms with Gasteiger partial charge >= 0.3 is 0 Å². The van der Waals surface area contributed by atoms with E-state index < -0.39 is 9.84 Å². The van der Waals surface area contributed by atoms with E-state index in [4.69, 9.17) is 5.73 Å². The minimum absolute atomic E-state index is 0.000760. The highest BCUT2D eigenvalue weighted by Gasteiger charge is 2.42. The number of hydrogen-bond acceptors (Lipinski definition) is 4. The second-order valence-electron chi connectivity index (χ2n) is 4.18. The summed E-state index contributed by atoms with van der Waals surface area (Å²) in [6, 6.07) is 0. The molecule has 4 nitrogen and oxygen atoms in total. The van der Waals surface area contributed by atoms with Crippen molar-refractivity contribution in [2.75, 3.05) is 18.9 Å². The van der Waals surface area contributed by atoms with Gasteiger partial charge in [-0.1, -0.05) is 6.92 Å². The van der Waals surface area contributed by atoms with Crippen molar-refractivity contribution in [2.45, 2.75) is 31.4 Å². The normalized spacial score (nSPS) is 33.5. The minimum atomic E-state index is -2.96. The van der Waals surface area contributed by atoms with Crippen LogP contribution in [0.5, 0.6) is 0 Å². The second kappa shape index (κ2) is 4.16. The van der Waals surface area contributed by atoms with Gasteiger partial charge in [-0.15, -0.1) is 0 Å². The van der Waals surface area contributed by atoms with E-state index >= 15 is 0 Å². The minimum Gasteiger partial charge on any atom is -0.396 e. The van der Waals surface area contributed by atoms with E-state index in [1.54, 1.807) is 6.92 Å². The van der Waals surface area contributed by atoms with E-state index in [1.807, 2.05) is 0 Å². The fourth-order valence-electron chi connectivity index (χ4n) is 2.09. The van der Waals surface area contributed by atoms with E-state index in [0.29, 0.717) is 19.4 Å². The lowest BCUT2D eigenvalue weighted by molar-refractivity contribution is 0.138. The number of hydrogen-bond donors (Lipinski definition) is 2. The lowest BCUT2D eigenvalue weighted by Gasteiger charge is -2.24. The molecule has 0 aromatic rings. The zero-order chi connectivity index (χ0) is 10.8. The Kier molecular flexibility index (Phi) is 3.55. The van der Waals surface area contributed by atoms with Crippen molar-refractivity contribution in [3.8, 4) is 0 Å². The van der Waals surface area contributed by atoms with Gasteiger partial charge < -0.3 is 10.8 Å². The first-order valence-electron chi connectivity index (χ1n) is 5.02. The van der Waals surface area contributed by atoms with Crippen LogP contribution in [0.25, 0.3) is 0 Å². The Labute approximate surface area is 85.4 Å². The summed E-state index contributed by atoms with van der Waals surface area (Å²) >= 11 is 0. The molecular weight excluding hydrogens is 202 g/mol. The molecule has 1 aliphatic rings. The van der Waals surface area contributed by atoms with Crippen molar-refractivity contribution in [3.63, 3.8) is 0 Å². The van der Waals surface area contributed by atoms with Crippen LogP contribution in [0.3, 0.4) is 0 Å². The van der Waals surface area contributed by atoms with Gasteiger partial charge in [-0.25, -0.2) is 8.42 Å². The fourth-order valence-corrected chi connectivity index (χ4v) is 3.65. The van der Waals surface area contributed by atoms with Crippen LogP contribution in [0.2, 0.25) is 0 Å². The van der Waals surface area contributed by atoms with Gasteiger partial charge in [0.2, 0.25) is 0 Å². The molecule has 1 saturated carbocycles. The molecule has 0 aromatic heterocycles. The first-order valence-corrected chi connectivity index (χ1v) is 6.74. The molecule has 3 N–H and O–H groups in total. The molecule has 84 valence electrons. The number of rotatable bonds is 4. The van der Waals surface area contributed by atoms with Crippen LogP contribution in [0.15, 0.2) is 0 Å². The summed E-state index contributed by atoms with van der Waals surface area (Å²) in [5, 5.41) is 8.91. The second-order valence-corrected chi connectivity index (χ2v) is 6.75. The Morgan fingerprint density at radius 2 is 2.21 bits per heavy atom. The first kappa shape index (κ1) is 11.9. The molecule has 0 aliphatic heterocycles. The number of aliphatic hydroxyl groups is 1. The van der Waals surface area contributed by atoms with Crippen molar-refractivity contribution < 1.29 is 13.5 Å². The molecule has 0 radical (unpaired) electrons. The van der Waals surface area contributed by atoms with Crippen LogP contribution >= 0.6 is 0 Å². The highest BCUT2D eigenvalue weighted by Crippen LogP contribution is 2.40. The van der Waals surface area contributed by atoms with Crippen molar-refractivity contribution >= 4 is 9.84 Å². The Morgan fingerprint density at radius 3 is 2.57 bits per heavy atom. The third kappa shape index (κ3) is 2.10. The molecule has 2 atom stereocenters. The average Bonchev–Trinajstić information content (AvgIpc) is 2.63. The van der Waals surface area contributed by atoms with Gasteiger partial charge in [0.15, 0.2) is 9.84 Å². The maximum atomic E-state index is 11.6. The van der Waals surface area contributed by atoms with E-state index in [0.717, 1.165) is 6.42 Å². The van der Waals surface area contributed by atoms with Crippen molar-refractivity contribution in [1.29, 1.82) is 0 Å². The molecule has 1 aliphatic carbocycles. The first-order chi connectivity index (χ1) is 6.49. The molecule has 5 heteroatoms. The molecule has 0 amide bonds. The van der Waals surface area contributed by atoms with Gasteiger partial charge in [-0.2, -0.15) is 0 Å². The predicted octanol–water partition coefficient (Wildman–Crippen LogP) is -0.0890. The Morgan fingerprint density at radius 1 is 1.57 bits per heavy atom. The summed E-state index contributed by atoms with van der Waals surface area (Å²) in [6.45, 7) is 2.04. The highest BCUT2D eigenvalue weighted by molar-refractivity contribution is 7.92. The van der Waals surface area contributed by atoms with Gasteiger partial charge in [0, 0.05) is 24.3 Å². The van der Waals surface area contributed by atoms with Gasteiger partial charge in [-0.05, 0) is 19.3 Å². The molecule has 14 heavy (non-hydrogen) atoms. The van der Waals surface area contributed by atoms with Crippen LogP contribution in [-0.2, 0) is 9.84 Å². The Balaban J connectivity index is 2.74. The lowest BCUT2D eigenvalue weighted by atomic mass is 9.88. The summed E-state index contributed by atoms with van der Waals surface area (Å²) in [7, 11) is -2.96. The predicted molar refractivity (Wildman–Crippen MR) is 55.7 cm³/mol. The molecule has 0 spiro atoms. The Hall–Kier alpha value is -0.130. The standard InChI is InChI=1S/C9H19NO3S/c1-2-14(12,13)8-3-4-9(5-8,6-10)7-11/h8,11H,2-7,10H2,1H3/t8-,9-/m1/s1. The van der Waals surface area contributed by atoms with Crippen molar-refractivity contribution in [2.24, 2.45) is 11.1 Å². The van der Waals surface area contributed by atoms with Gasteiger partial charge in [0.1, 0.15) is 0 Å². The number of nitrogens with two attached hydrogens (primary N) is 1. The maximum absolute atomic E-state index is 11.6. The van der Waals surface area contributed by atoms with Gasteiger partial charge in [0.05, 0.1) is 5.25 Å². The molecule has 0 saturated heterocycles. The summed E-state index contributed by atoms with van der Waals surface area (Å²) in [5.41, 5.74) is 5.23. The van der Waals surface area contributed by atoms with Crippen LogP contribution in [0.1, 0.15) is 26.2 Å². The number of sulfone groups is 1. The molecular formula is C9H19NO3S. The fraction of sp³-hybridized carbons (Fsp3) is 1.00. The van der Waals surface area contributed by atoms with Crippen LogP contribution in [0, 0.1) is 5.41 Å². The van der Waals surface area contributed by atoms with Crippen molar-refractivity contribution in [1.82, 2.24) is 0 Å². The zero-order valence-electron chi connectivity index (χ0n) is 8.57. The molecule has 0 unspecified atom stereocenters.